The third-order valence-corrected chi connectivity index (χ3v) is 10.3. The fourth-order valence-electron chi connectivity index (χ4n) is 8.77. The van der Waals surface area contributed by atoms with Gasteiger partial charge in [0.15, 0.2) is 0 Å². The summed E-state index contributed by atoms with van der Waals surface area (Å²) in [6.45, 7) is 0. The number of aromatic nitrogens is 2. The van der Waals surface area contributed by atoms with E-state index in [1.807, 2.05) is 0 Å². The van der Waals surface area contributed by atoms with Gasteiger partial charge >= 0.3 is 0 Å². The van der Waals surface area contributed by atoms with Gasteiger partial charge in [0.1, 0.15) is 0 Å². The summed E-state index contributed by atoms with van der Waals surface area (Å²) in [4.78, 5) is 0. The molecule has 0 amide bonds. The molecule has 0 bridgehead atoms. The molecule has 12 rings (SSSR count). The molecule has 4 heterocycles. The second kappa shape index (κ2) is 6.48. The van der Waals surface area contributed by atoms with Gasteiger partial charge in [0.25, 0.3) is 0 Å². The van der Waals surface area contributed by atoms with Crippen LogP contribution in [0.25, 0.3) is 109 Å². The van der Waals surface area contributed by atoms with Gasteiger partial charge in [0, 0.05) is 48.5 Å². The highest BCUT2D eigenvalue weighted by atomic mass is 14.9. The molecule has 8 aromatic carbocycles. The second-order valence-electron chi connectivity index (χ2n) is 12.1. The first-order chi connectivity index (χ1) is 20.9. The molecule has 0 unspecified atom stereocenters. The minimum Gasteiger partial charge on any atom is -0.308 e. The Hall–Kier alpha value is -5.60. The van der Waals surface area contributed by atoms with Gasteiger partial charge < -0.3 is 8.80 Å². The van der Waals surface area contributed by atoms with Crippen molar-refractivity contribution >= 4 is 109 Å². The van der Waals surface area contributed by atoms with Crippen molar-refractivity contribution in [1.82, 2.24) is 8.80 Å². The SMILES string of the molecule is c1ccc2c(c1)c1cccc3c4c5ccc6cc7c8cccc9c%10ccccc%10n(c98)c7c7ccc(cc4n2c13)c5c67. The highest BCUT2D eigenvalue weighted by molar-refractivity contribution is 6.39. The largest absolute Gasteiger partial charge is 0.308 e. The highest BCUT2D eigenvalue weighted by Gasteiger charge is 2.23. The van der Waals surface area contributed by atoms with Crippen LogP contribution in [0.15, 0.2) is 121 Å². The van der Waals surface area contributed by atoms with Gasteiger partial charge in [-0.05, 0) is 51.2 Å². The molecule has 0 aliphatic rings. The van der Waals surface area contributed by atoms with Crippen LogP contribution in [0.5, 0.6) is 0 Å². The van der Waals surface area contributed by atoms with Crippen LogP contribution in [0.1, 0.15) is 0 Å². The fourth-order valence-corrected chi connectivity index (χ4v) is 8.77. The predicted molar refractivity (Wildman–Crippen MR) is 179 cm³/mol. The van der Waals surface area contributed by atoms with Crippen LogP contribution in [-0.4, -0.2) is 8.80 Å². The number of rotatable bonds is 0. The molecule has 0 saturated carbocycles. The molecule has 4 aromatic heterocycles. The van der Waals surface area contributed by atoms with E-state index in [2.05, 4.69) is 130 Å². The summed E-state index contributed by atoms with van der Waals surface area (Å²) in [5.41, 5.74) is 7.86. The molecule has 0 radical (unpaired) electrons. The van der Waals surface area contributed by atoms with E-state index in [1.54, 1.807) is 0 Å². The molecular formula is C40H20N2. The van der Waals surface area contributed by atoms with Gasteiger partial charge in [-0.15, -0.1) is 0 Å². The maximum Gasteiger partial charge on any atom is 0.0620 e. The zero-order valence-corrected chi connectivity index (χ0v) is 22.4. The average molecular weight is 529 g/mol. The third-order valence-electron chi connectivity index (χ3n) is 10.3. The standard InChI is InChI=1S/C40H20N2/c1-3-13-32-23(7-1)26-10-6-12-29-37-28-17-15-21-19-31-27-11-5-9-25-24-8-2-4-14-33(24)42(38(25)27)40(31)30-18-16-22(35(28)36(21)30)20-34(37)41(32)39(26)29/h1-20H. The monoisotopic (exact) mass is 528 g/mol. The Balaban J connectivity index is 1.37. The Labute approximate surface area is 238 Å². The van der Waals surface area contributed by atoms with Crippen molar-refractivity contribution in [3.05, 3.63) is 121 Å². The van der Waals surface area contributed by atoms with Crippen LogP contribution < -0.4 is 0 Å². The van der Waals surface area contributed by atoms with Crippen LogP contribution in [0, 0.1) is 0 Å². The molecule has 0 N–H and O–H groups in total. The molecule has 2 heteroatoms. The summed E-state index contributed by atoms with van der Waals surface area (Å²) in [5, 5.41) is 18.7. The minimum atomic E-state index is 1.28. The van der Waals surface area contributed by atoms with E-state index >= 15 is 0 Å². The molecule has 0 saturated heterocycles. The van der Waals surface area contributed by atoms with E-state index in [0.29, 0.717) is 0 Å². The number of fused-ring (bicyclic) bond motifs is 14. The lowest BCUT2D eigenvalue weighted by molar-refractivity contribution is 1.37. The predicted octanol–water partition coefficient (Wildman–Crippen LogP) is 10.9. The lowest BCUT2D eigenvalue weighted by Gasteiger charge is -2.14. The zero-order chi connectivity index (χ0) is 26.8. The van der Waals surface area contributed by atoms with Crippen LogP contribution in [0.4, 0.5) is 0 Å². The Bertz CT molecular complexity index is 3120. The summed E-state index contributed by atoms with van der Waals surface area (Å²) in [7, 11) is 0. The van der Waals surface area contributed by atoms with E-state index in [-0.39, 0.29) is 0 Å². The van der Waals surface area contributed by atoms with Crippen molar-refractivity contribution in [3.63, 3.8) is 0 Å². The van der Waals surface area contributed by atoms with Crippen molar-refractivity contribution in [1.29, 1.82) is 0 Å². The van der Waals surface area contributed by atoms with Gasteiger partial charge in [-0.25, -0.2) is 0 Å². The Morgan fingerprint density at radius 3 is 1.55 bits per heavy atom. The number of hydrogen-bond acceptors (Lipinski definition) is 0. The Morgan fingerprint density at radius 2 is 0.786 bits per heavy atom. The Morgan fingerprint density at radius 1 is 0.286 bits per heavy atom. The number of hydrogen-bond donors (Lipinski definition) is 0. The maximum absolute atomic E-state index is 2.53. The number of nitrogens with zero attached hydrogens (tertiary/aromatic N) is 2. The minimum absolute atomic E-state index is 1.28. The van der Waals surface area contributed by atoms with Gasteiger partial charge in [-0.3, -0.25) is 0 Å². The molecule has 0 aliphatic heterocycles. The van der Waals surface area contributed by atoms with Gasteiger partial charge in [0.05, 0.1) is 33.1 Å². The summed E-state index contributed by atoms with van der Waals surface area (Å²) in [6.07, 6.45) is 0. The van der Waals surface area contributed by atoms with Crippen LogP contribution in [0.2, 0.25) is 0 Å². The first-order valence-corrected chi connectivity index (χ1v) is 14.7. The summed E-state index contributed by atoms with van der Waals surface area (Å²) in [5.74, 6) is 0. The van der Waals surface area contributed by atoms with E-state index in [0.717, 1.165) is 0 Å². The molecule has 0 atom stereocenters. The Kier molecular flexibility index (Phi) is 3.13. The molecule has 2 nitrogen and oxygen atoms in total. The molecule has 190 valence electrons. The molecule has 42 heavy (non-hydrogen) atoms. The van der Waals surface area contributed by atoms with E-state index in [9.17, 15) is 0 Å². The van der Waals surface area contributed by atoms with Crippen LogP contribution in [-0.2, 0) is 0 Å². The van der Waals surface area contributed by atoms with Crippen molar-refractivity contribution in [2.75, 3.05) is 0 Å². The quantitative estimate of drug-likeness (QED) is 0.173. The third kappa shape index (κ3) is 2.00. The van der Waals surface area contributed by atoms with Crippen molar-refractivity contribution in [2.45, 2.75) is 0 Å². The summed E-state index contributed by atoms with van der Waals surface area (Å²) in [6, 6.07) is 45.7. The average Bonchev–Trinajstić information content (AvgIpc) is 3.76. The lowest BCUT2D eigenvalue weighted by Crippen LogP contribution is -1.89. The van der Waals surface area contributed by atoms with E-state index < -0.39 is 0 Å². The number of benzene rings is 8. The highest BCUT2D eigenvalue weighted by Crippen LogP contribution is 2.48. The van der Waals surface area contributed by atoms with Crippen LogP contribution >= 0.6 is 0 Å². The summed E-state index contributed by atoms with van der Waals surface area (Å²) < 4.78 is 5.03. The first kappa shape index (κ1) is 20.3. The summed E-state index contributed by atoms with van der Waals surface area (Å²) >= 11 is 0. The second-order valence-corrected chi connectivity index (χ2v) is 12.1. The normalized spacial score (nSPS) is 13.2. The molecule has 12 aromatic rings. The number of para-hydroxylation sites is 4. The molecular weight excluding hydrogens is 508 g/mol. The van der Waals surface area contributed by atoms with Crippen molar-refractivity contribution in [2.24, 2.45) is 0 Å². The van der Waals surface area contributed by atoms with Crippen LogP contribution in [0.3, 0.4) is 0 Å². The lowest BCUT2D eigenvalue weighted by atomic mass is 9.90. The van der Waals surface area contributed by atoms with E-state index in [4.69, 9.17) is 0 Å². The van der Waals surface area contributed by atoms with Crippen molar-refractivity contribution in [3.8, 4) is 0 Å². The molecule has 0 aliphatic carbocycles. The van der Waals surface area contributed by atoms with Crippen molar-refractivity contribution < 1.29 is 0 Å². The van der Waals surface area contributed by atoms with Gasteiger partial charge in [-0.1, -0.05) is 97.1 Å². The fraction of sp³-hybridized carbons (Fsp3) is 0. The maximum atomic E-state index is 2.53. The van der Waals surface area contributed by atoms with E-state index in [1.165, 1.54) is 109 Å². The molecule has 0 fully saturated rings. The molecule has 0 spiro atoms. The van der Waals surface area contributed by atoms with Gasteiger partial charge in [0.2, 0.25) is 0 Å². The van der Waals surface area contributed by atoms with Gasteiger partial charge in [-0.2, -0.15) is 0 Å². The topological polar surface area (TPSA) is 8.82 Å². The zero-order valence-electron chi connectivity index (χ0n) is 22.4. The first-order valence-electron chi connectivity index (χ1n) is 14.7. The smallest absolute Gasteiger partial charge is 0.0620 e.